The van der Waals surface area contributed by atoms with E-state index >= 15 is 4.39 Å². The lowest BCUT2D eigenvalue weighted by Crippen LogP contribution is -2.31. The van der Waals surface area contributed by atoms with Crippen LogP contribution in [-0.4, -0.2) is 50.1 Å². The van der Waals surface area contributed by atoms with Gasteiger partial charge < -0.3 is 29.4 Å². The first-order valence-corrected chi connectivity index (χ1v) is 17.5. The Morgan fingerprint density at radius 1 is 0.818 bits per heavy atom. The molecule has 0 aliphatic rings. The molecule has 2 amide bonds. The van der Waals surface area contributed by atoms with Crippen molar-refractivity contribution in [3.63, 3.8) is 0 Å². The van der Waals surface area contributed by atoms with E-state index in [2.05, 4.69) is 41.3 Å². The predicted molar refractivity (Wildman–Crippen MR) is 212 cm³/mol. The maximum absolute atomic E-state index is 15.4. The number of primary amides is 1. The van der Waals surface area contributed by atoms with Gasteiger partial charge in [-0.2, -0.15) is 10.1 Å². The number of para-hydroxylation sites is 1. The number of hydrogen-bond donors (Lipinski definition) is 1. The first-order valence-electron chi connectivity index (χ1n) is 17.5. The van der Waals surface area contributed by atoms with Crippen LogP contribution in [0.3, 0.4) is 0 Å². The molecule has 0 spiro atoms. The Balaban J connectivity index is 1.05. The van der Waals surface area contributed by atoms with Crippen molar-refractivity contribution >= 4 is 50.6 Å². The summed E-state index contributed by atoms with van der Waals surface area (Å²) < 4.78 is 43.9. The normalized spacial score (nSPS) is 11.3. The maximum Gasteiger partial charge on any atom is 0.340 e. The fourth-order valence-electron chi connectivity index (χ4n) is 6.30. The van der Waals surface area contributed by atoms with Crippen molar-refractivity contribution in [2.75, 3.05) is 32.9 Å². The summed E-state index contributed by atoms with van der Waals surface area (Å²) in [5.41, 5.74) is 11.2. The van der Waals surface area contributed by atoms with Crippen molar-refractivity contribution in [1.29, 1.82) is 0 Å². The quantitative estimate of drug-likeness (QED) is 0.0537. The van der Waals surface area contributed by atoms with Crippen LogP contribution >= 0.6 is 0 Å². The predicted octanol–water partition coefficient (Wildman–Crippen LogP) is 9.13. The van der Waals surface area contributed by atoms with Crippen molar-refractivity contribution in [2.45, 2.75) is 19.8 Å². The van der Waals surface area contributed by atoms with Gasteiger partial charge in [-0.25, -0.2) is 14.2 Å². The number of carbonyl (C=O) groups is 1. The fourth-order valence-corrected chi connectivity index (χ4v) is 6.30. The summed E-state index contributed by atoms with van der Waals surface area (Å²) in [6.45, 7) is 2.53. The van der Waals surface area contributed by atoms with Crippen LogP contribution in [0.5, 0.6) is 34.5 Å². The van der Waals surface area contributed by atoms with Crippen LogP contribution in [0.1, 0.15) is 23.1 Å². The lowest BCUT2D eigenvalue weighted by molar-refractivity contribution is 0.254. The highest BCUT2D eigenvalue weighted by atomic mass is 19.1. The molecule has 7 aromatic rings. The average Bonchev–Trinajstić information content (AvgIpc) is 3.20. The molecule has 11 nitrogen and oxygen atoms in total. The number of fused-ring (bicyclic) bond motifs is 3. The van der Waals surface area contributed by atoms with Gasteiger partial charge in [0.15, 0.2) is 23.1 Å². The van der Waals surface area contributed by atoms with E-state index in [4.69, 9.17) is 34.4 Å². The number of urea groups is 1. The molecule has 0 unspecified atom stereocenters. The number of pyridine rings is 2. The van der Waals surface area contributed by atoms with E-state index in [1.807, 2.05) is 18.2 Å². The van der Waals surface area contributed by atoms with Gasteiger partial charge in [-0.3, -0.25) is 4.98 Å². The van der Waals surface area contributed by atoms with Gasteiger partial charge in [0.05, 0.1) is 56.4 Å². The van der Waals surface area contributed by atoms with Gasteiger partial charge in [-0.15, -0.1) is 0 Å². The van der Waals surface area contributed by atoms with E-state index in [0.29, 0.717) is 57.5 Å². The van der Waals surface area contributed by atoms with Crippen molar-refractivity contribution in [1.82, 2.24) is 9.97 Å². The smallest absolute Gasteiger partial charge is 0.340 e. The molecule has 55 heavy (non-hydrogen) atoms. The molecule has 278 valence electrons. The molecule has 7 rings (SSSR count). The number of carbonyl (C=O) groups excluding carboxylic acids is 1. The lowest BCUT2D eigenvalue weighted by atomic mass is 9.99. The molecule has 0 atom stereocenters. The van der Waals surface area contributed by atoms with Crippen molar-refractivity contribution in [3.05, 3.63) is 126 Å². The van der Waals surface area contributed by atoms with Gasteiger partial charge in [-0.05, 0) is 78.9 Å². The third-order valence-electron chi connectivity index (χ3n) is 9.10. The van der Waals surface area contributed by atoms with E-state index < -0.39 is 11.8 Å². The molecule has 0 fully saturated rings. The Hall–Kier alpha value is -6.95. The summed E-state index contributed by atoms with van der Waals surface area (Å²) in [7, 11) is 4.52. The number of ether oxygens (including phenoxy) is 5. The highest BCUT2D eigenvalue weighted by Gasteiger charge is 2.17. The minimum absolute atomic E-state index is 0.0277. The van der Waals surface area contributed by atoms with Crippen LogP contribution in [0, 0.1) is 12.7 Å². The largest absolute Gasteiger partial charge is 0.497 e. The second-order valence-corrected chi connectivity index (χ2v) is 12.7. The Morgan fingerprint density at radius 3 is 2.36 bits per heavy atom. The molecule has 0 aliphatic heterocycles. The van der Waals surface area contributed by atoms with Crippen LogP contribution in [0.25, 0.3) is 32.7 Å². The van der Waals surface area contributed by atoms with Crippen LogP contribution in [-0.2, 0) is 6.42 Å². The molecule has 2 heterocycles. The van der Waals surface area contributed by atoms with Crippen LogP contribution in [0.2, 0.25) is 0 Å². The Labute approximate surface area is 316 Å². The highest BCUT2D eigenvalue weighted by Crippen LogP contribution is 2.38. The minimum Gasteiger partial charge on any atom is -0.497 e. The number of hydrazone groups is 1. The Kier molecular flexibility index (Phi) is 10.6. The van der Waals surface area contributed by atoms with Crippen LogP contribution in [0.15, 0.2) is 108 Å². The third kappa shape index (κ3) is 7.88. The Morgan fingerprint density at radius 2 is 1.62 bits per heavy atom. The first-order chi connectivity index (χ1) is 26.7. The van der Waals surface area contributed by atoms with Gasteiger partial charge >= 0.3 is 6.03 Å². The average molecular weight is 740 g/mol. The van der Waals surface area contributed by atoms with Crippen molar-refractivity contribution < 1.29 is 32.9 Å². The van der Waals surface area contributed by atoms with E-state index in [9.17, 15) is 4.79 Å². The highest BCUT2D eigenvalue weighted by molar-refractivity contribution is 5.96. The SMILES string of the molecule is COc1cc(OC)cc(N(/N=C/c2ccc(Oc3ccnc4cc(OCCCc5ccc(C)c6nc7ccccc7cc56)c(OC)cc34)c(F)c2)C(N)=O)c1. The molecule has 0 radical (unpaired) electrons. The number of hydrogen-bond acceptors (Lipinski definition) is 9. The number of benzene rings is 5. The van der Waals surface area contributed by atoms with Crippen molar-refractivity contribution in [3.8, 4) is 34.5 Å². The van der Waals surface area contributed by atoms with E-state index in [1.54, 1.807) is 55.8 Å². The summed E-state index contributed by atoms with van der Waals surface area (Å²) in [4.78, 5) is 21.7. The van der Waals surface area contributed by atoms with Crippen LogP contribution in [0.4, 0.5) is 14.9 Å². The number of aromatic nitrogens is 2. The summed E-state index contributed by atoms with van der Waals surface area (Å²) >= 11 is 0. The summed E-state index contributed by atoms with van der Waals surface area (Å²) in [5, 5.41) is 8.00. The number of rotatable bonds is 13. The van der Waals surface area contributed by atoms with Gasteiger partial charge in [-0.1, -0.05) is 30.3 Å². The summed E-state index contributed by atoms with van der Waals surface area (Å²) in [6, 6.07) is 28.1. The number of methoxy groups -OCH3 is 3. The van der Waals surface area contributed by atoms with E-state index in [1.165, 1.54) is 38.1 Å². The number of nitrogens with zero attached hydrogens (tertiary/aromatic N) is 4. The molecule has 5 aromatic carbocycles. The molecule has 0 aliphatic carbocycles. The molecule has 12 heteroatoms. The van der Waals surface area contributed by atoms with Crippen molar-refractivity contribution in [2.24, 2.45) is 10.8 Å². The fraction of sp³-hybridized carbons (Fsp3) is 0.163. The number of aryl methyl sites for hydroxylation is 2. The maximum atomic E-state index is 15.4. The molecule has 0 saturated carbocycles. The van der Waals surface area contributed by atoms with E-state index in [-0.39, 0.29) is 5.75 Å². The molecule has 2 N–H and O–H groups in total. The monoisotopic (exact) mass is 739 g/mol. The first kappa shape index (κ1) is 36.4. The van der Waals surface area contributed by atoms with Crippen LogP contribution < -0.4 is 34.4 Å². The van der Waals surface area contributed by atoms with E-state index in [0.717, 1.165) is 45.2 Å². The van der Waals surface area contributed by atoms with Gasteiger partial charge in [0.2, 0.25) is 0 Å². The zero-order valence-electron chi connectivity index (χ0n) is 30.7. The second kappa shape index (κ2) is 16.0. The molecule has 0 bridgehead atoms. The third-order valence-corrected chi connectivity index (χ3v) is 9.10. The van der Waals surface area contributed by atoms with Gasteiger partial charge in [0, 0.05) is 46.6 Å². The standard InChI is InChI=1S/C43H38FN5O6/c1-26-11-13-28(33-19-29-8-5-6-10-36(29)48-42(26)33)9-7-17-54-41-24-37-34(23-40(41)53-4)38(15-16-46-37)55-39-14-12-27(18-35(39)44)25-47-49(43(45)50)30-20-31(51-2)22-32(21-30)52-3/h5-6,8,10-16,18-25H,7,9,17H2,1-4H3,(H2,45,50)/b47-25+. The topological polar surface area (TPSA) is 131 Å². The molecular formula is C43H38FN5O6. The molecular weight excluding hydrogens is 702 g/mol. The zero-order chi connectivity index (χ0) is 38.5. The summed E-state index contributed by atoms with van der Waals surface area (Å²) in [6.07, 6.45) is 4.46. The number of amides is 2. The van der Waals surface area contributed by atoms with Gasteiger partial charge in [0.1, 0.15) is 17.2 Å². The molecule has 0 saturated heterocycles. The number of nitrogens with two attached hydrogens (primary N) is 1. The molecule has 2 aromatic heterocycles. The zero-order valence-corrected chi connectivity index (χ0v) is 30.7. The Bertz CT molecular complexity index is 2560. The second-order valence-electron chi connectivity index (χ2n) is 12.7. The number of anilines is 1. The lowest BCUT2D eigenvalue weighted by Gasteiger charge is -2.16. The number of halogens is 1. The van der Waals surface area contributed by atoms with Gasteiger partial charge in [0.25, 0.3) is 0 Å². The summed E-state index contributed by atoms with van der Waals surface area (Å²) in [5.74, 6) is 1.58. The minimum atomic E-state index is -0.858.